The lowest BCUT2D eigenvalue weighted by Gasteiger charge is -2.32. The minimum atomic E-state index is -0.373. The highest BCUT2D eigenvalue weighted by Crippen LogP contribution is 2.39. The summed E-state index contributed by atoms with van der Waals surface area (Å²) in [5, 5.41) is 9.88. The number of pyridine rings is 1. The Kier molecular flexibility index (Phi) is 5.44. The maximum Gasteiger partial charge on any atom is 0.115 e. The van der Waals surface area contributed by atoms with Crippen LogP contribution in [0.2, 0.25) is 0 Å². The SMILES string of the molecule is CC(C)(CO)C(c1cncnc1)c1ccc(-c2ccc(I)cc2)cn1. The molecule has 0 radical (unpaired) electrons. The van der Waals surface area contributed by atoms with Crippen molar-refractivity contribution in [2.45, 2.75) is 19.8 Å². The van der Waals surface area contributed by atoms with Gasteiger partial charge >= 0.3 is 0 Å². The molecule has 3 rings (SSSR count). The first-order valence-electron chi connectivity index (χ1n) is 8.09. The van der Waals surface area contributed by atoms with E-state index in [9.17, 15) is 5.11 Å². The molecule has 0 aliphatic rings. The standard InChI is InChI=1S/C20H20IN3O/c1-20(2,12-25)19(16-9-22-13-23-10-16)18-8-5-15(11-24-18)14-3-6-17(21)7-4-14/h3-11,13,19,25H,12H2,1-2H3. The Bertz CT molecular complexity index is 818. The maximum absolute atomic E-state index is 9.88. The Morgan fingerprint density at radius 2 is 1.60 bits per heavy atom. The van der Waals surface area contributed by atoms with Crippen molar-refractivity contribution >= 4 is 22.6 Å². The van der Waals surface area contributed by atoms with Gasteiger partial charge in [0.05, 0.1) is 0 Å². The number of aromatic nitrogens is 3. The van der Waals surface area contributed by atoms with Gasteiger partial charge in [-0.25, -0.2) is 9.97 Å². The number of aliphatic hydroxyl groups is 1. The van der Waals surface area contributed by atoms with Crippen molar-refractivity contribution in [1.29, 1.82) is 0 Å². The number of hydrogen-bond donors (Lipinski definition) is 1. The van der Waals surface area contributed by atoms with Crippen LogP contribution in [0.5, 0.6) is 0 Å². The number of hydrogen-bond acceptors (Lipinski definition) is 4. The highest BCUT2D eigenvalue weighted by atomic mass is 127. The molecule has 128 valence electrons. The summed E-state index contributed by atoms with van der Waals surface area (Å²) in [5.41, 5.74) is 3.70. The van der Waals surface area contributed by atoms with Crippen LogP contribution >= 0.6 is 22.6 Å². The molecule has 1 N–H and O–H groups in total. The third kappa shape index (κ3) is 4.04. The molecule has 0 amide bonds. The van der Waals surface area contributed by atoms with E-state index in [4.69, 9.17) is 4.98 Å². The summed E-state index contributed by atoms with van der Waals surface area (Å²) < 4.78 is 1.21. The van der Waals surface area contributed by atoms with Crippen LogP contribution in [-0.2, 0) is 0 Å². The first-order chi connectivity index (χ1) is 12.0. The molecule has 0 fully saturated rings. The highest BCUT2D eigenvalue weighted by molar-refractivity contribution is 14.1. The highest BCUT2D eigenvalue weighted by Gasteiger charge is 2.33. The monoisotopic (exact) mass is 445 g/mol. The summed E-state index contributed by atoms with van der Waals surface area (Å²) in [6, 6.07) is 12.5. The summed E-state index contributed by atoms with van der Waals surface area (Å²) in [6.45, 7) is 4.10. The smallest absolute Gasteiger partial charge is 0.115 e. The van der Waals surface area contributed by atoms with E-state index in [1.54, 1.807) is 12.4 Å². The molecule has 0 spiro atoms. The number of aliphatic hydroxyl groups excluding tert-OH is 1. The summed E-state index contributed by atoms with van der Waals surface area (Å²) in [6.07, 6.45) is 7.00. The molecular formula is C20H20IN3O. The fraction of sp³-hybridized carbons (Fsp3) is 0.250. The van der Waals surface area contributed by atoms with Crippen LogP contribution in [0.15, 0.2) is 61.3 Å². The Labute approximate surface area is 161 Å². The topological polar surface area (TPSA) is 58.9 Å². The summed E-state index contributed by atoms with van der Waals surface area (Å²) in [4.78, 5) is 13.0. The van der Waals surface area contributed by atoms with E-state index in [2.05, 4.69) is 62.9 Å². The molecule has 25 heavy (non-hydrogen) atoms. The van der Waals surface area contributed by atoms with Crippen molar-refractivity contribution in [2.24, 2.45) is 5.41 Å². The van der Waals surface area contributed by atoms with Crippen LogP contribution in [0.25, 0.3) is 11.1 Å². The summed E-state index contributed by atoms with van der Waals surface area (Å²) in [7, 11) is 0. The summed E-state index contributed by atoms with van der Waals surface area (Å²) in [5.74, 6) is -0.0792. The van der Waals surface area contributed by atoms with Crippen LogP contribution in [0.4, 0.5) is 0 Å². The van der Waals surface area contributed by atoms with E-state index in [0.29, 0.717) is 0 Å². The molecule has 0 saturated carbocycles. The van der Waals surface area contributed by atoms with Gasteiger partial charge in [0.1, 0.15) is 6.33 Å². The number of benzene rings is 1. The second-order valence-corrected chi connectivity index (χ2v) is 7.98. The molecule has 4 nitrogen and oxygen atoms in total. The van der Waals surface area contributed by atoms with Crippen LogP contribution < -0.4 is 0 Å². The first-order valence-corrected chi connectivity index (χ1v) is 9.17. The minimum absolute atomic E-state index is 0.0487. The Morgan fingerprint density at radius 3 is 2.16 bits per heavy atom. The van der Waals surface area contributed by atoms with E-state index in [1.807, 2.05) is 26.1 Å². The van der Waals surface area contributed by atoms with E-state index in [0.717, 1.165) is 22.4 Å². The Hall–Kier alpha value is -1.86. The molecule has 3 aromatic rings. The van der Waals surface area contributed by atoms with Crippen molar-refractivity contribution in [3.8, 4) is 11.1 Å². The van der Waals surface area contributed by atoms with Crippen molar-refractivity contribution < 1.29 is 5.11 Å². The molecule has 0 bridgehead atoms. The van der Waals surface area contributed by atoms with Crippen molar-refractivity contribution in [1.82, 2.24) is 15.0 Å². The van der Waals surface area contributed by atoms with Crippen LogP contribution in [0.1, 0.15) is 31.0 Å². The predicted octanol–water partition coefficient (Wildman–Crippen LogP) is 4.29. The second kappa shape index (κ2) is 7.58. The third-order valence-corrected chi connectivity index (χ3v) is 5.08. The van der Waals surface area contributed by atoms with E-state index in [1.165, 1.54) is 9.90 Å². The second-order valence-electron chi connectivity index (χ2n) is 6.73. The van der Waals surface area contributed by atoms with Gasteiger partial charge < -0.3 is 5.11 Å². The first kappa shape index (κ1) is 17.9. The van der Waals surface area contributed by atoms with Gasteiger partial charge in [-0.15, -0.1) is 0 Å². The van der Waals surface area contributed by atoms with Crippen molar-refractivity contribution in [3.63, 3.8) is 0 Å². The normalized spacial score (nSPS) is 12.8. The lowest BCUT2D eigenvalue weighted by atomic mass is 9.74. The number of rotatable bonds is 5. The van der Waals surface area contributed by atoms with E-state index >= 15 is 0 Å². The molecule has 2 aromatic heterocycles. The minimum Gasteiger partial charge on any atom is -0.396 e. The molecular weight excluding hydrogens is 425 g/mol. The summed E-state index contributed by atoms with van der Waals surface area (Å²) >= 11 is 2.30. The van der Waals surface area contributed by atoms with Crippen LogP contribution in [0, 0.1) is 8.99 Å². The van der Waals surface area contributed by atoms with Crippen molar-refractivity contribution in [3.05, 3.63) is 76.1 Å². The van der Waals surface area contributed by atoms with Gasteiger partial charge in [-0.3, -0.25) is 4.98 Å². The average Bonchev–Trinajstić information content (AvgIpc) is 2.64. The molecule has 0 aliphatic carbocycles. The Morgan fingerprint density at radius 1 is 0.960 bits per heavy atom. The molecule has 1 unspecified atom stereocenters. The number of halogens is 1. The van der Waals surface area contributed by atoms with Gasteiger partial charge in [-0.2, -0.15) is 0 Å². The maximum atomic E-state index is 9.88. The largest absolute Gasteiger partial charge is 0.396 e. The molecule has 0 saturated heterocycles. The fourth-order valence-electron chi connectivity index (χ4n) is 2.96. The molecule has 1 aromatic carbocycles. The van der Waals surface area contributed by atoms with Gasteiger partial charge in [-0.05, 0) is 51.9 Å². The Balaban J connectivity index is 1.98. The van der Waals surface area contributed by atoms with Crippen molar-refractivity contribution in [2.75, 3.05) is 6.61 Å². The molecule has 0 aliphatic heterocycles. The zero-order valence-electron chi connectivity index (χ0n) is 14.2. The van der Waals surface area contributed by atoms with Gasteiger partial charge in [0.25, 0.3) is 0 Å². The van der Waals surface area contributed by atoms with Gasteiger partial charge in [0, 0.05) is 51.4 Å². The third-order valence-electron chi connectivity index (χ3n) is 4.36. The van der Waals surface area contributed by atoms with Gasteiger partial charge in [-0.1, -0.05) is 32.0 Å². The van der Waals surface area contributed by atoms with Crippen LogP contribution in [0.3, 0.4) is 0 Å². The lowest BCUT2D eigenvalue weighted by molar-refractivity contribution is 0.141. The average molecular weight is 445 g/mol. The zero-order chi connectivity index (χ0) is 17.9. The lowest BCUT2D eigenvalue weighted by Crippen LogP contribution is -2.28. The van der Waals surface area contributed by atoms with Crippen LogP contribution in [-0.4, -0.2) is 26.7 Å². The zero-order valence-corrected chi connectivity index (χ0v) is 16.4. The van der Waals surface area contributed by atoms with E-state index < -0.39 is 0 Å². The fourth-order valence-corrected chi connectivity index (χ4v) is 3.32. The number of nitrogens with zero attached hydrogens (tertiary/aromatic N) is 3. The molecule has 2 heterocycles. The quantitative estimate of drug-likeness (QED) is 0.596. The predicted molar refractivity (Wildman–Crippen MR) is 107 cm³/mol. The molecule has 1 atom stereocenters. The van der Waals surface area contributed by atoms with Gasteiger partial charge in [0.2, 0.25) is 0 Å². The van der Waals surface area contributed by atoms with E-state index in [-0.39, 0.29) is 17.9 Å². The van der Waals surface area contributed by atoms with Gasteiger partial charge in [0.15, 0.2) is 0 Å². The molecule has 5 heteroatoms.